The van der Waals surface area contributed by atoms with Gasteiger partial charge in [0.1, 0.15) is 12.1 Å². The van der Waals surface area contributed by atoms with Crippen LogP contribution in [0.4, 0.5) is 14.5 Å². The summed E-state index contributed by atoms with van der Waals surface area (Å²) in [4.78, 5) is 40.0. The van der Waals surface area contributed by atoms with Crippen LogP contribution >= 0.6 is 11.6 Å². The van der Waals surface area contributed by atoms with E-state index in [4.69, 9.17) is 11.6 Å². The molecule has 0 aromatic heterocycles. The van der Waals surface area contributed by atoms with Gasteiger partial charge >= 0.3 is 0 Å². The lowest BCUT2D eigenvalue weighted by molar-refractivity contribution is -0.193. The highest BCUT2D eigenvalue weighted by Crippen LogP contribution is 2.49. The molecular weight excluding hydrogens is 492 g/mol. The molecule has 0 radical (unpaired) electrons. The second kappa shape index (κ2) is 10.6. The molecule has 0 unspecified atom stereocenters. The Morgan fingerprint density at radius 2 is 2.11 bits per heavy atom. The fourth-order valence-electron chi connectivity index (χ4n) is 5.67. The molecule has 3 saturated heterocycles. The molecule has 8 nitrogen and oxygen atoms in total. The first-order valence-electron chi connectivity index (χ1n) is 12.3. The van der Waals surface area contributed by atoms with E-state index >= 15 is 0 Å². The molecule has 3 amide bonds. The van der Waals surface area contributed by atoms with Crippen molar-refractivity contribution in [2.45, 2.75) is 69.5 Å². The summed E-state index contributed by atoms with van der Waals surface area (Å²) in [6.07, 6.45) is 1.45. The predicted molar refractivity (Wildman–Crippen MR) is 129 cm³/mol. The van der Waals surface area contributed by atoms with Gasteiger partial charge in [-0.2, -0.15) is 5.26 Å². The number of amides is 3. The van der Waals surface area contributed by atoms with Gasteiger partial charge in [-0.3, -0.25) is 14.4 Å². The summed E-state index contributed by atoms with van der Waals surface area (Å²) in [6, 6.07) is 4.00. The number of rotatable bonds is 7. The smallest absolute Gasteiger partial charge is 0.255 e. The summed E-state index contributed by atoms with van der Waals surface area (Å²) in [6.45, 7) is 2.17. The fraction of sp³-hybridized carbons (Fsp3) is 0.600. The Hall–Kier alpha value is -2.93. The highest BCUT2D eigenvalue weighted by molar-refractivity contribution is 6.31. The fourth-order valence-corrected chi connectivity index (χ4v) is 5.85. The SMILES string of the molecule is Cc1c(Cl)cccc1NCC(=O)N1[C@@H]2CC[C@H]([C@@H]1C(=O)N[C@@H](C#N)C[C@H]1CCCNC1=O)C(F)(F)C2. The Morgan fingerprint density at radius 3 is 2.81 bits per heavy atom. The van der Waals surface area contributed by atoms with Crippen LogP contribution < -0.4 is 16.0 Å². The summed E-state index contributed by atoms with van der Waals surface area (Å²) >= 11 is 6.14. The number of anilines is 1. The van der Waals surface area contributed by atoms with Crippen molar-refractivity contribution in [3.05, 3.63) is 28.8 Å². The lowest BCUT2D eigenvalue weighted by atomic mass is 9.71. The third-order valence-electron chi connectivity index (χ3n) is 7.58. The van der Waals surface area contributed by atoms with Gasteiger partial charge in [0.25, 0.3) is 5.92 Å². The minimum Gasteiger partial charge on any atom is -0.376 e. The van der Waals surface area contributed by atoms with Gasteiger partial charge in [0.05, 0.1) is 18.5 Å². The number of alkyl halides is 2. The van der Waals surface area contributed by atoms with Gasteiger partial charge in [0.2, 0.25) is 17.7 Å². The Morgan fingerprint density at radius 1 is 1.33 bits per heavy atom. The van der Waals surface area contributed by atoms with Gasteiger partial charge in [0.15, 0.2) is 0 Å². The number of hydrogen-bond acceptors (Lipinski definition) is 5. The number of halogens is 3. The van der Waals surface area contributed by atoms with Gasteiger partial charge in [-0.05, 0) is 56.7 Å². The third kappa shape index (κ3) is 5.26. The van der Waals surface area contributed by atoms with E-state index in [0.29, 0.717) is 30.1 Å². The van der Waals surface area contributed by atoms with Crippen LogP contribution in [-0.4, -0.2) is 59.8 Å². The summed E-state index contributed by atoms with van der Waals surface area (Å²) in [7, 11) is 0. The van der Waals surface area contributed by atoms with Crippen molar-refractivity contribution in [3.8, 4) is 6.07 Å². The minimum atomic E-state index is -3.09. The summed E-state index contributed by atoms with van der Waals surface area (Å²) in [5, 5.41) is 18.4. The van der Waals surface area contributed by atoms with Crippen molar-refractivity contribution in [1.29, 1.82) is 5.26 Å². The number of benzene rings is 1. The van der Waals surface area contributed by atoms with E-state index < -0.39 is 54.1 Å². The van der Waals surface area contributed by atoms with Gasteiger partial charge in [0, 0.05) is 35.6 Å². The second-order valence-electron chi connectivity index (χ2n) is 9.87. The zero-order valence-electron chi connectivity index (χ0n) is 20.0. The molecule has 36 heavy (non-hydrogen) atoms. The molecule has 11 heteroatoms. The molecule has 1 saturated carbocycles. The van der Waals surface area contributed by atoms with E-state index in [1.165, 1.54) is 4.90 Å². The minimum absolute atomic E-state index is 0.0921. The van der Waals surface area contributed by atoms with Crippen LogP contribution in [0.15, 0.2) is 18.2 Å². The van der Waals surface area contributed by atoms with E-state index in [-0.39, 0.29) is 25.3 Å². The lowest BCUT2D eigenvalue weighted by Crippen LogP contribution is -2.69. The molecule has 3 aliphatic heterocycles. The summed E-state index contributed by atoms with van der Waals surface area (Å²) in [5.74, 6) is -6.30. The molecular formula is C25H30ClF2N5O3. The molecule has 3 heterocycles. The molecule has 4 aliphatic rings. The Kier molecular flexibility index (Phi) is 7.69. The van der Waals surface area contributed by atoms with Gasteiger partial charge < -0.3 is 20.9 Å². The predicted octanol–water partition coefficient (Wildman–Crippen LogP) is 3.00. The van der Waals surface area contributed by atoms with Crippen LogP contribution in [-0.2, 0) is 14.4 Å². The van der Waals surface area contributed by atoms with Crippen molar-refractivity contribution in [1.82, 2.24) is 15.5 Å². The maximum absolute atomic E-state index is 14.9. The van der Waals surface area contributed by atoms with Crippen molar-refractivity contribution in [2.75, 3.05) is 18.4 Å². The lowest BCUT2D eigenvalue weighted by Gasteiger charge is -2.53. The Balaban J connectivity index is 1.50. The summed E-state index contributed by atoms with van der Waals surface area (Å²) < 4.78 is 29.7. The van der Waals surface area contributed by atoms with E-state index in [2.05, 4.69) is 16.0 Å². The number of hydrogen-bond donors (Lipinski definition) is 3. The van der Waals surface area contributed by atoms with E-state index in [9.17, 15) is 28.4 Å². The van der Waals surface area contributed by atoms with Crippen LogP contribution in [0.2, 0.25) is 5.02 Å². The van der Waals surface area contributed by atoms with Crippen molar-refractivity contribution in [3.63, 3.8) is 0 Å². The van der Waals surface area contributed by atoms with Crippen LogP contribution in [0.5, 0.6) is 0 Å². The monoisotopic (exact) mass is 521 g/mol. The van der Waals surface area contributed by atoms with Crippen LogP contribution in [0.25, 0.3) is 0 Å². The molecule has 194 valence electrons. The number of carbonyl (C=O) groups is 3. The molecule has 1 aliphatic carbocycles. The standard InChI is InChI=1S/C25H30ClF2N5O3/c1-14-19(26)5-2-6-20(14)31-13-21(34)33-17-7-8-18(25(27,28)11-17)22(33)24(36)32-16(12-29)10-15-4-3-9-30-23(15)35/h2,5-6,15-18,22,31H,3-4,7-11,13H2,1H3,(H,30,35)(H,32,36)/t15-,16-,17-,18-,22-/m1/s1. The maximum atomic E-state index is 14.9. The number of nitrogens with one attached hydrogen (secondary N) is 3. The molecule has 5 rings (SSSR count). The first-order valence-corrected chi connectivity index (χ1v) is 12.7. The number of nitrogens with zero attached hydrogens (tertiary/aromatic N) is 2. The largest absolute Gasteiger partial charge is 0.376 e. The zero-order chi connectivity index (χ0) is 26.0. The first-order chi connectivity index (χ1) is 17.1. The highest BCUT2D eigenvalue weighted by Gasteiger charge is 2.60. The highest BCUT2D eigenvalue weighted by atomic mass is 35.5. The number of carbonyl (C=O) groups excluding carboxylic acids is 3. The van der Waals surface area contributed by atoms with Gasteiger partial charge in [-0.1, -0.05) is 17.7 Å². The number of fused-ring (bicyclic) bond motifs is 3. The molecule has 0 spiro atoms. The quantitative estimate of drug-likeness (QED) is 0.510. The Labute approximate surface area is 213 Å². The number of nitriles is 1. The maximum Gasteiger partial charge on any atom is 0.255 e. The first kappa shape index (κ1) is 26.1. The second-order valence-corrected chi connectivity index (χ2v) is 10.3. The van der Waals surface area contributed by atoms with E-state index in [1.54, 1.807) is 25.1 Å². The molecule has 4 fully saturated rings. The molecule has 3 N–H and O–H groups in total. The molecule has 1 aromatic carbocycles. The van der Waals surface area contributed by atoms with Crippen LogP contribution in [0.3, 0.4) is 0 Å². The van der Waals surface area contributed by atoms with Crippen LogP contribution in [0.1, 0.15) is 44.1 Å². The van der Waals surface area contributed by atoms with Crippen LogP contribution in [0, 0.1) is 30.1 Å². The van der Waals surface area contributed by atoms with E-state index in [1.807, 2.05) is 6.07 Å². The number of piperidine rings is 3. The normalized spacial score (nSPS) is 27.5. The van der Waals surface area contributed by atoms with Gasteiger partial charge in [-0.25, -0.2) is 8.78 Å². The molecule has 5 atom stereocenters. The van der Waals surface area contributed by atoms with Crippen molar-refractivity contribution < 1.29 is 23.2 Å². The van der Waals surface area contributed by atoms with Crippen molar-refractivity contribution in [2.24, 2.45) is 11.8 Å². The topological polar surface area (TPSA) is 114 Å². The van der Waals surface area contributed by atoms with Crippen molar-refractivity contribution >= 4 is 35.0 Å². The Bertz CT molecular complexity index is 1080. The average molecular weight is 522 g/mol. The summed E-state index contributed by atoms with van der Waals surface area (Å²) in [5.41, 5.74) is 1.39. The molecule has 1 aromatic rings. The van der Waals surface area contributed by atoms with Gasteiger partial charge in [-0.15, -0.1) is 0 Å². The average Bonchev–Trinajstić information content (AvgIpc) is 2.84. The van der Waals surface area contributed by atoms with E-state index in [0.717, 1.165) is 12.0 Å². The third-order valence-corrected chi connectivity index (χ3v) is 7.99. The molecule has 2 bridgehead atoms. The zero-order valence-corrected chi connectivity index (χ0v) is 20.8.